The summed E-state index contributed by atoms with van der Waals surface area (Å²) in [7, 11) is 0. The fraction of sp³-hybridized carbons (Fsp3) is 0.462. The van der Waals surface area contributed by atoms with Crippen molar-refractivity contribution in [1.82, 2.24) is 20.2 Å². The van der Waals surface area contributed by atoms with Gasteiger partial charge in [0.15, 0.2) is 0 Å². The van der Waals surface area contributed by atoms with Crippen LogP contribution in [0.5, 0.6) is 0 Å². The van der Waals surface area contributed by atoms with Gasteiger partial charge in [0.2, 0.25) is 5.91 Å². The Labute approximate surface area is 112 Å². The summed E-state index contributed by atoms with van der Waals surface area (Å²) >= 11 is 0. The molecule has 2 aliphatic rings. The number of carbonyl (C=O) groups is 1. The zero-order valence-corrected chi connectivity index (χ0v) is 10.7. The third kappa shape index (κ3) is 2.58. The van der Waals surface area contributed by atoms with Gasteiger partial charge in [0.1, 0.15) is 11.9 Å². The number of piperazine rings is 1. The van der Waals surface area contributed by atoms with Gasteiger partial charge >= 0.3 is 0 Å². The van der Waals surface area contributed by atoms with Gasteiger partial charge in [-0.1, -0.05) is 12.2 Å². The molecule has 6 nitrogen and oxygen atoms in total. The molecule has 2 aliphatic heterocycles. The van der Waals surface area contributed by atoms with Gasteiger partial charge in [-0.15, -0.1) is 0 Å². The SMILES string of the molecule is O=C([C@H]1C=CCN1)N1CCN(c2cnccn2)CC1. The Morgan fingerprint density at radius 2 is 2.11 bits per heavy atom. The molecular formula is C13H17N5O. The van der Waals surface area contributed by atoms with E-state index < -0.39 is 0 Å². The van der Waals surface area contributed by atoms with E-state index in [4.69, 9.17) is 0 Å². The van der Waals surface area contributed by atoms with Crippen molar-refractivity contribution >= 4 is 11.7 Å². The first kappa shape index (κ1) is 12.1. The lowest BCUT2D eigenvalue weighted by Crippen LogP contribution is -2.53. The number of aromatic nitrogens is 2. The van der Waals surface area contributed by atoms with Crippen LogP contribution in [0.3, 0.4) is 0 Å². The highest BCUT2D eigenvalue weighted by molar-refractivity contribution is 5.84. The molecule has 1 saturated heterocycles. The molecule has 6 heteroatoms. The number of nitrogens with one attached hydrogen (secondary N) is 1. The van der Waals surface area contributed by atoms with Crippen LogP contribution >= 0.6 is 0 Å². The molecule has 100 valence electrons. The predicted octanol–water partition coefficient (Wildman–Crippen LogP) is -0.347. The molecule has 1 amide bonds. The third-order valence-corrected chi connectivity index (χ3v) is 3.52. The minimum Gasteiger partial charge on any atom is -0.352 e. The maximum Gasteiger partial charge on any atom is 0.243 e. The van der Waals surface area contributed by atoms with Crippen molar-refractivity contribution in [2.75, 3.05) is 37.6 Å². The van der Waals surface area contributed by atoms with Crippen molar-refractivity contribution < 1.29 is 4.79 Å². The molecule has 1 atom stereocenters. The van der Waals surface area contributed by atoms with Crippen molar-refractivity contribution in [3.8, 4) is 0 Å². The monoisotopic (exact) mass is 259 g/mol. The maximum atomic E-state index is 12.2. The lowest BCUT2D eigenvalue weighted by atomic mass is 10.2. The summed E-state index contributed by atoms with van der Waals surface area (Å²) in [4.78, 5) is 24.6. The molecule has 0 spiro atoms. The minimum absolute atomic E-state index is 0.136. The third-order valence-electron chi connectivity index (χ3n) is 3.52. The van der Waals surface area contributed by atoms with Gasteiger partial charge in [0.25, 0.3) is 0 Å². The number of hydrogen-bond acceptors (Lipinski definition) is 5. The van der Waals surface area contributed by atoms with E-state index in [2.05, 4.69) is 20.2 Å². The molecular weight excluding hydrogens is 242 g/mol. The second kappa shape index (κ2) is 5.36. The van der Waals surface area contributed by atoms with Gasteiger partial charge in [-0.05, 0) is 0 Å². The van der Waals surface area contributed by atoms with Gasteiger partial charge in [-0.2, -0.15) is 0 Å². The summed E-state index contributed by atoms with van der Waals surface area (Å²) in [6, 6.07) is -0.136. The Morgan fingerprint density at radius 1 is 1.26 bits per heavy atom. The van der Waals surface area contributed by atoms with Crippen molar-refractivity contribution in [1.29, 1.82) is 0 Å². The van der Waals surface area contributed by atoms with Crippen LogP contribution in [0.4, 0.5) is 5.82 Å². The molecule has 0 bridgehead atoms. The predicted molar refractivity (Wildman–Crippen MR) is 71.8 cm³/mol. The number of amides is 1. The number of nitrogens with zero attached hydrogens (tertiary/aromatic N) is 4. The fourth-order valence-electron chi connectivity index (χ4n) is 2.44. The molecule has 1 N–H and O–H groups in total. The molecule has 0 unspecified atom stereocenters. The van der Waals surface area contributed by atoms with Gasteiger partial charge in [-0.3, -0.25) is 15.1 Å². The van der Waals surface area contributed by atoms with E-state index in [1.165, 1.54) is 0 Å². The average molecular weight is 259 g/mol. The van der Waals surface area contributed by atoms with Gasteiger partial charge in [-0.25, -0.2) is 4.98 Å². The van der Waals surface area contributed by atoms with Crippen molar-refractivity contribution in [2.45, 2.75) is 6.04 Å². The van der Waals surface area contributed by atoms with E-state index in [1.807, 2.05) is 17.1 Å². The lowest BCUT2D eigenvalue weighted by Gasteiger charge is -2.36. The van der Waals surface area contributed by atoms with Crippen LogP contribution in [0, 0.1) is 0 Å². The van der Waals surface area contributed by atoms with E-state index in [0.717, 1.165) is 38.5 Å². The standard InChI is InChI=1S/C13H17N5O/c19-13(11-2-1-3-15-11)18-8-6-17(7-9-18)12-10-14-4-5-16-12/h1-2,4-5,10-11,15H,3,6-9H2/t11-/m1/s1. The normalized spacial score (nSPS) is 22.8. The Balaban J connectivity index is 1.57. The van der Waals surface area contributed by atoms with Crippen LogP contribution in [-0.4, -0.2) is 59.5 Å². The summed E-state index contributed by atoms with van der Waals surface area (Å²) in [5.41, 5.74) is 0. The minimum atomic E-state index is -0.136. The average Bonchev–Trinajstić information content (AvgIpc) is 3.02. The van der Waals surface area contributed by atoms with Crippen LogP contribution in [0.2, 0.25) is 0 Å². The highest BCUT2D eigenvalue weighted by Gasteiger charge is 2.27. The van der Waals surface area contributed by atoms with Gasteiger partial charge in [0.05, 0.1) is 6.20 Å². The Kier molecular flexibility index (Phi) is 3.41. The fourth-order valence-corrected chi connectivity index (χ4v) is 2.44. The van der Waals surface area contributed by atoms with E-state index in [-0.39, 0.29) is 11.9 Å². The molecule has 3 heterocycles. The second-order valence-corrected chi connectivity index (χ2v) is 4.69. The van der Waals surface area contributed by atoms with Crippen LogP contribution < -0.4 is 10.2 Å². The summed E-state index contributed by atoms with van der Waals surface area (Å²) < 4.78 is 0. The summed E-state index contributed by atoms with van der Waals surface area (Å²) in [5.74, 6) is 1.06. The Bertz CT molecular complexity index is 467. The van der Waals surface area contributed by atoms with E-state index >= 15 is 0 Å². The highest BCUT2D eigenvalue weighted by atomic mass is 16.2. The Morgan fingerprint density at radius 3 is 2.74 bits per heavy atom. The first-order valence-corrected chi connectivity index (χ1v) is 6.54. The van der Waals surface area contributed by atoms with Gasteiger partial charge < -0.3 is 9.80 Å². The molecule has 0 aromatic carbocycles. The summed E-state index contributed by atoms with van der Waals surface area (Å²) in [5, 5.41) is 3.16. The van der Waals surface area contributed by atoms with Crippen LogP contribution in [0.1, 0.15) is 0 Å². The molecule has 0 aliphatic carbocycles. The van der Waals surface area contributed by atoms with Gasteiger partial charge in [0, 0.05) is 45.1 Å². The van der Waals surface area contributed by atoms with E-state index in [9.17, 15) is 4.79 Å². The molecule has 1 fully saturated rings. The maximum absolute atomic E-state index is 12.2. The first-order chi connectivity index (χ1) is 9.34. The second-order valence-electron chi connectivity index (χ2n) is 4.69. The van der Waals surface area contributed by atoms with E-state index in [0.29, 0.717) is 0 Å². The van der Waals surface area contributed by atoms with Crippen LogP contribution in [0.25, 0.3) is 0 Å². The zero-order chi connectivity index (χ0) is 13.1. The molecule has 0 radical (unpaired) electrons. The zero-order valence-electron chi connectivity index (χ0n) is 10.7. The van der Waals surface area contributed by atoms with Crippen molar-refractivity contribution in [3.63, 3.8) is 0 Å². The number of carbonyl (C=O) groups excluding carboxylic acids is 1. The molecule has 1 aromatic heterocycles. The summed E-state index contributed by atoms with van der Waals surface area (Å²) in [6.45, 7) is 3.88. The topological polar surface area (TPSA) is 61.4 Å². The number of hydrogen-bond donors (Lipinski definition) is 1. The summed E-state index contributed by atoms with van der Waals surface area (Å²) in [6.07, 6.45) is 9.07. The first-order valence-electron chi connectivity index (χ1n) is 6.54. The Hall–Kier alpha value is -1.95. The molecule has 19 heavy (non-hydrogen) atoms. The number of rotatable bonds is 2. The largest absolute Gasteiger partial charge is 0.352 e. The molecule has 0 saturated carbocycles. The number of anilines is 1. The van der Waals surface area contributed by atoms with Crippen LogP contribution in [0.15, 0.2) is 30.7 Å². The molecule has 3 rings (SSSR count). The van der Waals surface area contributed by atoms with E-state index in [1.54, 1.807) is 18.6 Å². The smallest absolute Gasteiger partial charge is 0.243 e. The molecule has 1 aromatic rings. The van der Waals surface area contributed by atoms with Crippen molar-refractivity contribution in [3.05, 3.63) is 30.7 Å². The van der Waals surface area contributed by atoms with Crippen molar-refractivity contribution in [2.24, 2.45) is 0 Å². The van der Waals surface area contributed by atoms with Crippen LogP contribution in [-0.2, 0) is 4.79 Å². The quantitative estimate of drug-likeness (QED) is 0.736. The lowest BCUT2D eigenvalue weighted by molar-refractivity contribution is -0.132. The highest BCUT2D eigenvalue weighted by Crippen LogP contribution is 2.12.